The number of pyridine rings is 1. The van der Waals surface area contributed by atoms with Crippen molar-refractivity contribution in [1.29, 1.82) is 0 Å². The van der Waals surface area contributed by atoms with Crippen molar-refractivity contribution < 1.29 is 9.90 Å². The standard InChI is InChI=1S/C10H14N2O2/c1-3-10(2,9(13)14)8-6-7(11)4-5-12-8/h4-6H,3H2,1-2H3,(H2,11,12)(H,13,14). The van der Waals surface area contributed by atoms with Crippen LogP contribution in [-0.2, 0) is 10.2 Å². The molecule has 4 heteroatoms. The highest BCUT2D eigenvalue weighted by Gasteiger charge is 2.34. The summed E-state index contributed by atoms with van der Waals surface area (Å²) in [6.07, 6.45) is 2.01. The number of aromatic nitrogens is 1. The first-order valence-corrected chi connectivity index (χ1v) is 4.46. The number of hydrogen-bond donors (Lipinski definition) is 2. The van der Waals surface area contributed by atoms with E-state index in [1.807, 2.05) is 6.92 Å². The minimum atomic E-state index is -0.949. The predicted molar refractivity (Wildman–Crippen MR) is 53.9 cm³/mol. The zero-order valence-electron chi connectivity index (χ0n) is 8.32. The molecule has 1 heterocycles. The summed E-state index contributed by atoms with van der Waals surface area (Å²) in [6.45, 7) is 3.47. The zero-order valence-corrected chi connectivity index (χ0v) is 8.32. The van der Waals surface area contributed by atoms with Crippen LogP contribution in [-0.4, -0.2) is 16.1 Å². The maximum atomic E-state index is 11.1. The number of aliphatic carboxylic acids is 1. The summed E-state index contributed by atoms with van der Waals surface area (Å²) in [5.74, 6) is -0.877. The molecule has 0 amide bonds. The van der Waals surface area contributed by atoms with Gasteiger partial charge in [0, 0.05) is 11.9 Å². The number of nitrogens with two attached hydrogens (primary N) is 1. The van der Waals surface area contributed by atoms with Gasteiger partial charge >= 0.3 is 5.97 Å². The molecule has 3 N–H and O–H groups in total. The zero-order chi connectivity index (χ0) is 10.8. The molecule has 1 unspecified atom stereocenters. The number of rotatable bonds is 3. The fourth-order valence-electron chi connectivity index (χ4n) is 1.19. The van der Waals surface area contributed by atoms with E-state index in [9.17, 15) is 4.79 Å². The Morgan fingerprint density at radius 2 is 2.36 bits per heavy atom. The van der Waals surface area contributed by atoms with Gasteiger partial charge in [-0.05, 0) is 25.5 Å². The number of carbonyl (C=O) groups is 1. The van der Waals surface area contributed by atoms with Gasteiger partial charge in [-0.3, -0.25) is 9.78 Å². The van der Waals surface area contributed by atoms with Crippen molar-refractivity contribution in [2.24, 2.45) is 0 Å². The van der Waals surface area contributed by atoms with Crippen LogP contribution in [0, 0.1) is 0 Å². The van der Waals surface area contributed by atoms with E-state index in [0.717, 1.165) is 0 Å². The average Bonchev–Trinajstić information content (AvgIpc) is 2.16. The molecule has 0 aliphatic heterocycles. The lowest BCUT2D eigenvalue weighted by Gasteiger charge is -2.22. The second-order valence-corrected chi connectivity index (χ2v) is 3.47. The van der Waals surface area contributed by atoms with Crippen molar-refractivity contribution >= 4 is 11.7 Å². The summed E-state index contributed by atoms with van der Waals surface area (Å²) in [7, 11) is 0. The van der Waals surface area contributed by atoms with E-state index in [1.54, 1.807) is 19.1 Å². The molecule has 1 aromatic rings. The van der Waals surface area contributed by atoms with Gasteiger partial charge in [0.05, 0.1) is 5.69 Å². The van der Waals surface area contributed by atoms with Crippen molar-refractivity contribution in [3.05, 3.63) is 24.0 Å². The largest absolute Gasteiger partial charge is 0.481 e. The van der Waals surface area contributed by atoms with Crippen LogP contribution < -0.4 is 5.73 Å². The van der Waals surface area contributed by atoms with E-state index in [4.69, 9.17) is 10.8 Å². The van der Waals surface area contributed by atoms with Gasteiger partial charge in [0.25, 0.3) is 0 Å². The summed E-state index contributed by atoms with van der Waals surface area (Å²) >= 11 is 0. The van der Waals surface area contributed by atoms with Gasteiger partial charge in [-0.2, -0.15) is 0 Å². The maximum Gasteiger partial charge on any atom is 0.315 e. The molecule has 1 aromatic heterocycles. The monoisotopic (exact) mass is 194 g/mol. The number of carboxylic acids is 1. The summed E-state index contributed by atoms with van der Waals surface area (Å²) in [6, 6.07) is 3.25. The minimum Gasteiger partial charge on any atom is -0.481 e. The fraction of sp³-hybridized carbons (Fsp3) is 0.400. The Morgan fingerprint density at radius 1 is 1.71 bits per heavy atom. The molecule has 0 saturated carbocycles. The SMILES string of the molecule is CCC(C)(C(=O)O)c1cc(N)ccn1. The van der Waals surface area contributed by atoms with E-state index in [-0.39, 0.29) is 0 Å². The Balaban J connectivity index is 3.19. The molecule has 0 saturated heterocycles. The van der Waals surface area contributed by atoms with Crippen LogP contribution >= 0.6 is 0 Å². The molecule has 0 bridgehead atoms. The molecule has 4 nitrogen and oxygen atoms in total. The fourth-order valence-corrected chi connectivity index (χ4v) is 1.19. The van der Waals surface area contributed by atoms with Crippen molar-refractivity contribution in [3.8, 4) is 0 Å². The van der Waals surface area contributed by atoms with Crippen LogP contribution in [0.1, 0.15) is 26.0 Å². The van der Waals surface area contributed by atoms with Crippen molar-refractivity contribution in [2.45, 2.75) is 25.7 Å². The molecule has 0 spiro atoms. The van der Waals surface area contributed by atoms with E-state index in [1.165, 1.54) is 6.20 Å². The third-order valence-corrected chi connectivity index (χ3v) is 2.53. The second kappa shape index (κ2) is 3.65. The highest BCUT2D eigenvalue weighted by molar-refractivity contribution is 5.80. The smallest absolute Gasteiger partial charge is 0.315 e. The summed E-state index contributed by atoms with van der Waals surface area (Å²) in [4.78, 5) is 15.1. The molecular weight excluding hydrogens is 180 g/mol. The molecule has 76 valence electrons. The molecule has 1 rings (SSSR count). The van der Waals surface area contributed by atoms with Crippen molar-refractivity contribution in [3.63, 3.8) is 0 Å². The Kier molecular flexibility index (Phi) is 2.74. The lowest BCUT2D eigenvalue weighted by Crippen LogP contribution is -2.32. The molecule has 0 aromatic carbocycles. The quantitative estimate of drug-likeness (QED) is 0.762. The van der Waals surface area contributed by atoms with Crippen LogP contribution in [0.5, 0.6) is 0 Å². The van der Waals surface area contributed by atoms with Crippen molar-refractivity contribution in [2.75, 3.05) is 5.73 Å². The van der Waals surface area contributed by atoms with E-state index >= 15 is 0 Å². The van der Waals surface area contributed by atoms with Gasteiger partial charge in [-0.1, -0.05) is 6.92 Å². The number of carboxylic acid groups (broad SMARTS) is 1. The number of nitrogen functional groups attached to an aromatic ring is 1. The predicted octanol–water partition coefficient (Wildman–Crippen LogP) is 1.42. The molecule has 0 aliphatic rings. The summed E-state index contributed by atoms with van der Waals surface area (Å²) in [5.41, 5.74) is 5.67. The van der Waals surface area contributed by atoms with Gasteiger partial charge in [0.15, 0.2) is 0 Å². The van der Waals surface area contributed by atoms with Gasteiger partial charge in [0.2, 0.25) is 0 Å². The first kappa shape index (κ1) is 10.5. The summed E-state index contributed by atoms with van der Waals surface area (Å²) < 4.78 is 0. The second-order valence-electron chi connectivity index (χ2n) is 3.47. The van der Waals surface area contributed by atoms with Crippen LogP contribution in [0.25, 0.3) is 0 Å². The normalized spacial score (nSPS) is 14.7. The number of anilines is 1. The van der Waals surface area contributed by atoms with Crippen LogP contribution in [0.2, 0.25) is 0 Å². The molecular formula is C10H14N2O2. The van der Waals surface area contributed by atoms with Crippen LogP contribution in [0.15, 0.2) is 18.3 Å². The Morgan fingerprint density at radius 3 is 2.79 bits per heavy atom. The van der Waals surface area contributed by atoms with Crippen LogP contribution in [0.4, 0.5) is 5.69 Å². The third-order valence-electron chi connectivity index (χ3n) is 2.53. The van der Waals surface area contributed by atoms with Gasteiger partial charge < -0.3 is 10.8 Å². The first-order valence-electron chi connectivity index (χ1n) is 4.46. The molecule has 0 fully saturated rings. The molecule has 14 heavy (non-hydrogen) atoms. The van der Waals surface area contributed by atoms with Gasteiger partial charge in [-0.25, -0.2) is 0 Å². The van der Waals surface area contributed by atoms with Crippen LogP contribution in [0.3, 0.4) is 0 Å². The lowest BCUT2D eigenvalue weighted by molar-refractivity contribution is -0.143. The third kappa shape index (κ3) is 1.69. The van der Waals surface area contributed by atoms with Gasteiger partial charge in [-0.15, -0.1) is 0 Å². The average molecular weight is 194 g/mol. The number of nitrogens with zero attached hydrogens (tertiary/aromatic N) is 1. The minimum absolute atomic E-state index is 0.485. The van der Waals surface area contributed by atoms with E-state index < -0.39 is 11.4 Å². The lowest BCUT2D eigenvalue weighted by atomic mass is 9.83. The van der Waals surface area contributed by atoms with E-state index in [2.05, 4.69) is 4.98 Å². The Bertz CT molecular complexity index is 352. The highest BCUT2D eigenvalue weighted by atomic mass is 16.4. The molecule has 1 atom stereocenters. The topological polar surface area (TPSA) is 76.2 Å². The first-order chi connectivity index (χ1) is 6.50. The van der Waals surface area contributed by atoms with Gasteiger partial charge in [0.1, 0.15) is 5.41 Å². The Labute approximate surface area is 82.8 Å². The molecule has 0 radical (unpaired) electrons. The highest BCUT2D eigenvalue weighted by Crippen LogP contribution is 2.26. The van der Waals surface area contributed by atoms with E-state index in [0.29, 0.717) is 17.8 Å². The van der Waals surface area contributed by atoms with Crippen molar-refractivity contribution in [1.82, 2.24) is 4.98 Å². The Hall–Kier alpha value is -1.58. The maximum absolute atomic E-state index is 11.1. The summed E-state index contributed by atoms with van der Waals surface area (Å²) in [5, 5.41) is 9.10. The molecule has 0 aliphatic carbocycles. The number of hydrogen-bond acceptors (Lipinski definition) is 3.